The van der Waals surface area contributed by atoms with E-state index in [0.717, 1.165) is 25.0 Å². The summed E-state index contributed by atoms with van der Waals surface area (Å²) in [6, 6.07) is 5.52. The number of ether oxygens (including phenoxy) is 1. The first kappa shape index (κ1) is 17.4. The fourth-order valence-corrected chi connectivity index (χ4v) is 2.66. The van der Waals surface area contributed by atoms with E-state index in [1.807, 2.05) is 16.3 Å². The number of nitrogens with two attached hydrogens (primary N) is 1. The van der Waals surface area contributed by atoms with Crippen LogP contribution in [0.5, 0.6) is 0 Å². The molecule has 0 saturated carbocycles. The molecule has 0 radical (unpaired) electrons. The lowest BCUT2D eigenvalue weighted by atomic mass is 10.1. The maximum atomic E-state index is 13.3. The number of amides is 3. The second-order valence-corrected chi connectivity index (χ2v) is 5.66. The standard InChI is InChI=1S/C16H22FN3O3/c17-13-4-1-3-12(9-13)10-20(11-14-5-2-8-23-14)7-6-15(21)19-16(18)22/h1,3-4,9,14H,2,5-8,10-11H2,(H3,18,19,21,22)/t14-/m0/s1. The number of hydrogen-bond donors (Lipinski definition) is 2. The fraction of sp³-hybridized carbons (Fsp3) is 0.500. The van der Waals surface area contributed by atoms with Gasteiger partial charge < -0.3 is 10.5 Å². The molecule has 1 atom stereocenters. The van der Waals surface area contributed by atoms with Crippen LogP contribution in [0, 0.1) is 5.82 Å². The highest BCUT2D eigenvalue weighted by atomic mass is 19.1. The molecule has 3 amide bonds. The maximum Gasteiger partial charge on any atom is 0.318 e. The van der Waals surface area contributed by atoms with Crippen molar-refractivity contribution >= 4 is 11.9 Å². The molecule has 1 aliphatic heterocycles. The van der Waals surface area contributed by atoms with E-state index in [1.165, 1.54) is 12.1 Å². The van der Waals surface area contributed by atoms with Gasteiger partial charge in [-0.15, -0.1) is 0 Å². The number of halogens is 1. The molecule has 1 aliphatic rings. The molecule has 1 heterocycles. The Balaban J connectivity index is 1.93. The first-order chi connectivity index (χ1) is 11.0. The monoisotopic (exact) mass is 323 g/mol. The molecular weight excluding hydrogens is 301 g/mol. The lowest BCUT2D eigenvalue weighted by Gasteiger charge is -2.25. The van der Waals surface area contributed by atoms with Crippen molar-refractivity contribution in [2.45, 2.75) is 31.9 Å². The minimum atomic E-state index is -0.856. The van der Waals surface area contributed by atoms with Crippen LogP contribution in [-0.4, -0.2) is 42.6 Å². The molecule has 126 valence electrons. The van der Waals surface area contributed by atoms with Gasteiger partial charge in [0.25, 0.3) is 0 Å². The number of primary amides is 1. The smallest absolute Gasteiger partial charge is 0.318 e. The number of carbonyl (C=O) groups is 2. The number of imide groups is 1. The van der Waals surface area contributed by atoms with E-state index in [1.54, 1.807) is 6.07 Å². The summed E-state index contributed by atoms with van der Waals surface area (Å²) in [6.45, 7) is 2.37. The molecule has 3 N–H and O–H groups in total. The van der Waals surface area contributed by atoms with E-state index in [-0.39, 0.29) is 18.3 Å². The highest BCUT2D eigenvalue weighted by Crippen LogP contribution is 2.15. The van der Waals surface area contributed by atoms with Crippen LogP contribution in [0.4, 0.5) is 9.18 Å². The average Bonchev–Trinajstić information content (AvgIpc) is 2.97. The summed E-state index contributed by atoms with van der Waals surface area (Å²) in [7, 11) is 0. The Bertz CT molecular complexity index is 547. The molecule has 6 nitrogen and oxygen atoms in total. The van der Waals surface area contributed by atoms with Gasteiger partial charge in [-0.05, 0) is 30.5 Å². The number of nitrogens with zero attached hydrogens (tertiary/aromatic N) is 1. The molecule has 0 aliphatic carbocycles. The van der Waals surface area contributed by atoms with Crippen LogP contribution in [0.25, 0.3) is 0 Å². The minimum Gasteiger partial charge on any atom is -0.377 e. The molecule has 0 bridgehead atoms. The van der Waals surface area contributed by atoms with Crippen LogP contribution >= 0.6 is 0 Å². The van der Waals surface area contributed by atoms with Gasteiger partial charge in [-0.3, -0.25) is 15.0 Å². The van der Waals surface area contributed by atoms with Crippen LogP contribution in [0.15, 0.2) is 24.3 Å². The molecule has 7 heteroatoms. The van der Waals surface area contributed by atoms with E-state index in [2.05, 4.69) is 0 Å². The second-order valence-electron chi connectivity index (χ2n) is 5.66. The molecule has 23 heavy (non-hydrogen) atoms. The summed E-state index contributed by atoms with van der Waals surface area (Å²) in [6.07, 6.45) is 2.28. The van der Waals surface area contributed by atoms with Crippen LogP contribution in [-0.2, 0) is 16.1 Å². The Morgan fingerprint density at radius 2 is 2.26 bits per heavy atom. The van der Waals surface area contributed by atoms with Crippen LogP contribution in [0.3, 0.4) is 0 Å². The molecular formula is C16H22FN3O3. The quantitative estimate of drug-likeness (QED) is 0.794. The summed E-state index contributed by atoms with van der Waals surface area (Å²) in [5.74, 6) is -0.708. The Labute approximate surface area is 134 Å². The van der Waals surface area contributed by atoms with E-state index in [0.29, 0.717) is 19.6 Å². The molecule has 1 aromatic carbocycles. The van der Waals surface area contributed by atoms with E-state index < -0.39 is 11.9 Å². The van der Waals surface area contributed by atoms with Gasteiger partial charge in [-0.2, -0.15) is 0 Å². The van der Waals surface area contributed by atoms with E-state index >= 15 is 0 Å². The van der Waals surface area contributed by atoms with Crippen molar-refractivity contribution in [3.05, 3.63) is 35.6 Å². The molecule has 1 fully saturated rings. The number of nitrogens with one attached hydrogen (secondary N) is 1. The number of urea groups is 1. The predicted octanol–water partition coefficient (Wildman–Crippen LogP) is 1.39. The summed E-state index contributed by atoms with van der Waals surface area (Å²) in [5, 5.41) is 2.05. The van der Waals surface area contributed by atoms with Crippen molar-refractivity contribution in [2.24, 2.45) is 5.73 Å². The zero-order valence-corrected chi connectivity index (χ0v) is 13.0. The van der Waals surface area contributed by atoms with Crippen molar-refractivity contribution in [1.82, 2.24) is 10.2 Å². The normalized spacial score (nSPS) is 17.4. The van der Waals surface area contributed by atoms with Gasteiger partial charge in [0.2, 0.25) is 5.91 Å². The number of rotatable bonds is 7. The average molecular weight is 323 g/mol. The van der Waals surface area contributed by atoms with E-state index in [4.69, 9.17) is 10.5 Å². The predicted molar refractivity (Wildman–Crippen MR) is 83.0 cm³/mol. The van der Waals surface area contributed by atoms with Crippen LogP contribution in [0.1, 0.15) is 24.8 Å². The number of carbonyl (C=O) groups excluding carboxylic acids is 2. The van der Waals surface area contributed by atoms with Crippen molar-refractivity contribution < 1.29 is 18.7 Å². The molecule has 2 rings (SSSR count). The number of benzene rings is 1. The maximum absolute atomic E-state index is 13.3. The first-order valence-corrected chi connectivity index (χ1v) is 7.70. The molecule has 1 saturated heterocycles. The zero-order valence-electron chi connectivity index (χ0n) is 13.0. The van der Waals surface area contributed by atoms with E-state index in [9.17, 15) is 14.0 Å². The minimum absolute atomic E-state index is 0.128. The highest BCUT2D eigenvalue weighted by Gasteiger charge is 2.20. The van der Waals surface area contributed by atoms with Gasteiger partial charge in [0.1, 0.15) is 5.82 Å². The van der Waals surface area contributed by atoms with Crippen LogP contribution < -0.4 is 11.1 Å². The largest absolute Gasteiger partial charge is 0.377 e. The summed E-state index contributed by atoms with van der Waals surface area (Å²) >= 11 is 0. The summed E-state index contributed by atoms with van der Waals surface area (Å²) in [4.78, 5) is 24.3. The van der Waals surface area contributed by atoms with Gasteiger partial charge in [-0.25, -0.2) is 9.18 Å². The molecule has 1 aromatic rings. The fourth-order valence-electron chi connectivity index (χ4n) is 2.66. The van der Waals surface area contributed by atoms with Gasteiger partial charge in [0.05, 0.1) is 6.10 Å². The summed E-state index contributed by atoms with van der Waals surface area (Å²) < 4.78 is 18.9. The molecule has 0 unspecified atom stereocenters. The Kier molecular flexibility index (Phi) is 6.49. The third-order valence-electron chi connectivity index (χ3n) is 3.70. The third-order valence-corrected chi connectivity index (χ3v) is 3.70. The molecule has 0 aromatic heterocycles. The molecule has 0 spiro atoms. The second kappa shape index (κ2) is 8.59. The zero-order chi connectivity index (χ0) is 16.7. The van der Waals surface area contributed by atoms with Crippen molar-refractivity contribution in [3.8, 4) is 0 Å². The van der Waals surface area contributed by atoms with Gasteiger partial charge in [-0.1, -0.05) is 12.1 Å². The lowest BCUT2D eigenvalue weighted by Crippen LogP contribution is -2.38. The number of hydrogen-bond acceptors (Lipinski definition) is 4. The summed E-state index contributed by atoms with van der Waals surface area (Å²) in [5.41, 5.74) is 5.76. The Morgan fingerprint density at radius 3 is 2.91 bits per heavy atom. The van der Waals surface area contributed by atoms with Crippen molar-refractivity contribution in [1.29, 1.82) is 0 Å². The lowest BCUT2D eigenvalue weighted by molar-refractivity contribution is -0.120. The Hall–Kier alpha value is -1.99. The van der Waals surface area contributed by atoms with Gasteiger partial charge in [0, 0.05) is 32.7 Å². The topological polar surface area (TPSA) is 84.7 Å². The highest BCUT2D eigenvalue weighted by molar-refractivity contribution is 5.93. The Morgan fingerprint density at radius 1 is 1.43 bits per heavy atom. The van der Waals surface area contributed by atoms with Gasteiger partial charge in [0.15, 0.2) is 0 Å². The van der Waals surface area contributed by atoms with Crippen molar-refractivity contribution in [2.75, 3.05) is 19.7 Å². The van der Waals surface area contributed by atoms with Gasteiger partial charge >= 0.3 is 6.03 Å². The third kappa shape index (κ3) is 6.33. The SMILES string of the molecule is NC(=O)NC(=O)CCN(Cc1cccc(F)c1)C[C@@H]1CCCO1. The van der Waals surface area contributed by atoms with Crippen LogP contribution in [0.2, 0.25) is 0 Å². The van der Waals surface area contributed by atoms with Crippen molar-refractivity contribution in [3.63, 3.8) is 0 Å². The first-order valence-electron chi connectivity index (χ1n) is 7.70.